The molecule has 1 atom stereocenters. The minimum Gasteiger partial charge on any atom is -0.457 e. The maximum atomic E-state index is 12.7. The van der Waals surface area contributed by atoms with E-state index in [0.717, 1.165) is 5.56 Å². The fourth-order valence-corrected chi connectivity index (χ4v) is 2.98. The van der Waals surface area contributed by atoms with Gasteiger partial charge in [-0.05, 0) is 5.56 Å². The SMILES string of the molecule is O=C(OCc1ccccc1)C1=CCC(C(=O)c2ccccc2)([N+](=O)[O-])C1. The summed E-state index contributed by atoms with van der Waals surface area (Å²) in [6.07, 6.45) is 1.06. The molecule has 0 saturated heterocycles. The van der Waals surface area contributed by atoms with Gasteiger partial charge in [0.25, 0.3) is 5.54 Å². The molecule has 0 spiro atoms. The number of carbonyl (C=O) groups excluding carboxylic acids is 2. The van der Waals surface area contributed by atoms with Crippen molar-refractivity contribution < 1.29 is 19.2 Å². The highest BCUT2D eigenvalue weighted by Crippen LogP contribution is 2.36. The van der Waals surface area contributed by atoms with Gasteiger partial charge in [-0.2, -0.15) is 0 Å². The van der Waals surface area contributed by atoms with Crippen LogP contribution < -0.4 is 0 Å². The Labute approximate surface area is 150 Å². The summed E-state index contributed by atoms with van der Waals surface area (Å²) < 4.78 is 5.23. The van der Waals surface area contributed by atoms with Gasteiger partial charge in [-0.1, -0.05) is 66.7 Å². The topological polar surface area (TPSA) is 86.5 Å². The molecule has 0 aliphatic heterocycles. The Balaban J connectivity index is 1.72. The molecule has 26 heavy (non-hydrogen) atoms. The van der Waals surface area contributed by atoms with E-state index >= 15 is 0 Å². The molecule has 1 unspecified atom stereocenters. The van der Waals surface area contributed by atoms with Crippen molar-refractivity contribution in [3.8, 4) is 0 Å². The number of carbonyl (C=O) groups is 2. The molecule has 0 bridgehead atoms. The lowest BCUT2D eigenvalue weighted by atomic mass is 9.86. The first-order valence-corrected chi connectivity index (χ1v) is 8.17. The van der Waals surface area contributed by atoms with E-state index in [1.807, 2.05) is 30.3 Å². The Morgan fingerprint density at radius 2 is 1.65 bits per heavy atom. The monoisotopic (exact) mass is 351 g/mol. The molecule has 0 N–H and O–H groups in total. The second-order valence-corrected chi connectivity index (χ2v) is 6.16. The molecular weight excluding hydrogens is 334 g/mol. The number of Topliss-reactive ketones (excluding diaryl/α,β-unsaturated/α-hetero) is 1. The van der Waals surface area contributed by atoms with Crippen molar-refractivity contribution in [3.05, 3.63) is 93.6 Å². The smallest absolute Gasteiger partial charge is 0.334 e. The summed E-state index contributed by atoms with van der Waals surface area (Å²) in [5.41, 5.74) is -0.596. The number of hydrogen-bond donors (Lipinski definition) is 0. The zero-order chi connectivity index (χ0) is 18.6. The Morgan fingerprint density at radius 1 is 1.04 bits per heavy atom. The molecule has 6 heteroatoms. The average Bonchev–Trinajstić information content (AvgIpc) is 3.14. The van der Waals surface area contributed by atoms with E-state index in [9.17, 15) is 19.7 Å². The van der Waals surface area contributed by atoms with E-state index in [-0.39, 0.29) is 30.6 Å². The van der Waals surface area contributed by atoms with Gasteiger partial charge in [0.2, 0.25) is 5.78 Å². The van der Waals surface area contributed by atoms with E-state index < -0.39 is 22.2 Å². The van der Waals surface area contributed by atoms with Crippen molar-refractivity contribution in [1.29, 1.82) is 0 Å². The summed E-state index contributed by atoms with van der Waals surface area (Å²) in [6, 6.07) is 17.3. The Hall–Kier alpha value is -3.28. The van der Waals surface area contributed by atoms with Gasteiger partial charge in [-0.25, -0.2) is 4.79 Å². The predicted molar refractivity (Wildman–Crippen MR) is 94.1 cm³/mol. The molecule has 132 valence electrons. The van der Waals surface area contributed by atoms with Gasteiger partial charge in [-0.15, -0.1) is 0 Å². The first-order valence-electron chi connectivity index (χ1n) is 8.17. The van der Waals surface area contributed by atoms with Gasteiger partial charge in [0.15, 0.2) is 0 Å². The fourth-order valence-electron chi connectivity index (χ4n) is 2.98. The van der Waals surface area contributed by atoms with Crippen molar-refractivity contribution in [3.63, 3.8) is 0 Å². The average molecular weight is 351 g/mol. The molecule has 0 amide bonds. The second-order valence-electron chi connectivity index (χ2n) is 6.16. The second kappa shape index (κ2) is 7.31. The molecule has 1 aliphatic rings. The van der Waals surface area contributed by atoms with Crippen LogP contribution in [0, 0.1) is 10.1 Å². The van der Waals surface area contributed by atoms with Crippen molar-refractivity contribution in [2.75, 3.05) is 0 Å². The van der Waals surface area contributed by atoms with Crippen molar-refractivity contribution in [1.82, 2.24) is 0 Å². The van der Waals surface area contributed by atoms with Crippen LogP contribution in [0.25, 0.3) is 0 Å². The lowest BCUT2D eigenvalue weighted by molar-refractivity contribution is -0.546. The number of ketones is 1. The van der Waals surface area contributed by atoms with Crippen LogP contribution in [0.5, 0.6) is 0 Å². The molecule has 0 fully saturated rings. The number of ether oxygens (including phenoxy) is 1. The van der Waals surface area contributed by atoms with Gasteiger partial charge in [0.1, 0.15) is 6.61 Å². The maximum Gasteiger partial charge on any atom is 0.334 e. The van der Waals surface area contributed by atoms with Crippen LogP contribution in [-0.4, -0.2) is 22.2 Å². The number of nitro groups is 1. The van der Waals surface area contributed by atoms with E-state index in [1.165, 1.54) is 6.08 Å². The predicted octanol–water partition coefficient (Wildman–Crippen LogP) is 3.35. The fraction of sp³-hybridized carbons (Fsp3) is 0.200. The van der Waals surface area contributed by atoms with Crippen LogP contribution in [0.2, 0.25) is 0 Å². The van der Waals surface area contributed by atoms with Crippen molar-refractivity contribution in [2.45, 2.75) is 25.0 Å². The molecule has 0 radical (unpaired) electrons. The number of rotatable bonds is 6. The van der Waals surface area contributed by atoms with Crippen molar-refractivity contribution >= 4 is 11.8 Å². The van der Waals surface area contributed by atoms with E-state index in [2.05, 4.69) is 0 Å². The molecule has 0 aromatic heterocycles. The molecule has 2 aromatic carbocycles. The minimum atomic E-state index is -1.84. The first-order chi connectivity index (χ1) is 12.5. The third-order valence-corrected chi connectivity index (χ3v) is 4.45. The number of nitrogens with zero attached hydrogens (tertiary/aromatic N) is 1. The molecule has 2 aromatic rings. The molecule has 6 nitrogen and oxygen atoms in total. The van der Waals surface area contributed by atoms with Crippen molar-refractivity contribution in [2.24, 2.45) is 0 Å². The summed E-state index contributed by atoms with van der Waals surface area (Å²) in [5.74, 6) is -1.22. The highest BCUT2D eigenvalue weighted by molar-refractivity contribution is 6.04. The van der Waals surface area contributed by atoms with Crippen LogP contribution >= 0.6 is 0 Å². The third-order valence-electron chi connectivity index (χ3n) is 4.45. The van der Waals surface area contributed by atoms with E-state index in [1.54, 1.807) is 30.3 Å². The summed E-state index contributed by atoms with van der Waals surface area (Å²) >= 11 is 0. The summed E-state index contributed by atoms with van der Waals surface area (Å²) in [7, 11) is 0. The van der Waals surface area contributed by atoms with Crippen LogP contribution in [0.1, 0.15) is 28.8 Å². The van der Waals surface area contributed by atoms with Crippen LogP contribution in [-0.2, 0) is 16.1 Å². The standard InChI is InChI=1S/C20H17NO5/c22-18(16-9-5-2-6-10-16)20(21(24)25)12-11-17(13-20)19(23)26-14-15-7-3-1-4-8-15/h1-11H,12-14H2. The molecule has 3 rings (SSSR count). The Morgan fingerprint density at radius 3 is 2.27 bits per heavy atom. The summed E-state index contributed by atoms with van der Waals surface area (Å²) in [6.45, 7) is 0.0785. The Kier molecular flexibility index (Phi) is 4.93. The quantitative estimate of drug-likeness (QED) is 0.345. The minimum absolute atomic E-state index is 0.0785. The number of hydrogen-bond acceptors (Lipinski definition) is 5. The zero-order valence-corrected chi connectivity index (χ0v) is 14.0. The molecule has 1 aliphatic carbocycles. The lowest BCUT2D eigenvalue weighted by Crippen LogP contribution is -2.44. The number of benzene rings is 2. The maximum absolute atomic E-state index is 12.7. The molecule has 0 saturated carbocycles. The van der Waals surface area contributed by atoms with Gasteiger partial charge < -0.3 is 4.74 Å². The highest BCUT2D eigenvalue weighted by Gasteiger charge is 2.54. The highest BCUT2D eigenvalue weighted by atomic mass is 16.6. The van der Waals surface area contributed by atoms with Crippen LogP contribution in [0.3, 0.4) is 0 Å². The van der Waals surface area contributed by atoms with Gasteiger partial charge in [-0.3, -0.25) is 14.9 Å². The van der Waals surface area contributed by atoms with Gasteiger partial charge in [0, 0.05) is 22.5 Å². The number of esters is 1. The largest absolute Gasteiger partial charge is 0.457 e. The van der Waals surface area contributed by atoms with Crippen LogP contribution in [0.4, 0.5) is 0 Å². The van der Waals surface area contributed by atoms with Gasteiger partial charge >= 0.3 is 5.97 Å². The summed E-state index contributed by atoms with van der Waals surface area (Å²) in [4.78, 5) is 36.1. The van der Waals surface area contributed by atoms with E-state index in [4.69, 9.17) is 4.74 Å². The summed E-state index contributed by atoms with van der Waals surface area (Å²) in [5, 5.41) is 11.7. The van der Waals surface area contributed by atoms with Crippen LogP contribution in [0.15, 0.2) is 72.3 Å². The first kappa shape index (κ1) is 17.5. The Bertz CT molecular complexity index is 860. The third kappa shape index (κ3) is 3.39. The molecule has 0 heterocycles. The van der Waals surface area contributed by atoms with E-state index in [0.29, 0.717) is 0 Å². The zero-order valence-electron chi connectivity index (χ0n) is 14.0. The lowest BCUT2D eigenvalue weighted by Gasteiger charge is -2.19. The van der Waals surface area contributed by atoms with Gasteiger partial charge in [0.05, 0.1) is 6.42 Å². The molecular formula is C20H17NO5. The normalized spacial score (nSPS) is 18.8.